The van der Waals surface area contributed by atoms with Crippen LogP contribution < -0.4 is 0 Å². The summed E-state index contributed by atoms with van der Waals surface area (Å²) in [5, 5.41) is 20.3. The van der Waals surface area contributed by atoms with Gasteiger partial charge in [-0.1, -0.05) is 170 Å². The van der Waals surface area contributed by atoms with Gasteiger partial charge in [0.25, 0.3) is 0 Å². The summed E-state index contributed by atoms with van der Waals surface area (Å²) in [7, 11) is 0. The molecule has 0 aliphatic rings. The van der Waals surface area contributed by atoms with E-state index in [-0.39, 0.29) is 0 Å². The van der Waals surface area contributed by atoms with Gasteiger partial charge in [0.15, 0.2) is 0 Å². The quantitative estimate of drug-likeness (QED) is 0.167. The second-order valence-corrected chi connectivity index (χ2v) is 21.5. The summed E-state index contributed by atoms with van der Waals surface area (Å²) >= 11 is 0. The molecule has 13 aromatic carbocycles. The van der Waals surface area contributed by atoms with Gasteiger partial charge in [-0.25, -0.2) is 0 Å². The van der Waals surface area contributed by atoms with E-state index < -0.39 is 0 Å². The number of rotatable bonds is 4. The Kier molecular flexibility index (Phi) is 7.71. The van der Waals surface area contributed by atoms with Crippen LogP contribution in [0.15, 0.2) is 255 Å². The summed E-state index contributed by atoms with van der Waals surface area (Å²) in [5.74, 6) is 0. The van der Waals surface area contributed by atoms with Crippen molar-refractivity contribution in [1.82, 2.24) is 17.9 Å². The van der Waals surface area contributed by atoms with Crippen molar-refractivity contribution in [2.24, 2.45) is 0 Å². The van der Waals surface area contributed by atoms with Crippen LogP contribution in [-0.4, -0.2) is 17.9 Å². The Morgan fingerprint density at radius 2 is 0.628 bits per heavy atom. The molecule has 0 fully saturated rings. The third-order valence-electron chi connectivity index (χ3n) is 17.7. The van der Waals surface area contributed by atoms with Crippen LogP contribution >= 0.6 is 0 Å². The predicted octanol–water partition coefficient (Wildman–Crippen LogP) is 19.8. The molecule has 19 aromatic rings. The number of nitrogens with zero attached hydrogens (tertiary/aromatic N) is 4. The minimum Gasteiger partial charge on any atom is -0.309 e. The van der Waals surface area contributed by atoms with E-state index in [1.165, 1.54) is 169 Å². The van der Waals surface area contributed by atoms with Gasteiger partial charge in [-0.05, 0) is 118 Å². The molecule has 6 aromatic heterocycles. The second-order valence-electron chi connectivity index (χ2n) is 21.5. The van der Waals surface area contributed by atoms with Crippen LogP contribution in [0.4, 0.5) is 0 Å². The molecule has 0 saturated heterocycles. The van der Waals surface area contributed by atoms with Crippen LogP contribution in [0, 0.1) is 0 Å². The monoisotopic (exact) mass is 986 g/mol. The molecule has 4 heteroatoms. The Morgan fingerprint density at radius 1 is 0.205 bits per heavy atom. The fourth-order valence-corrected chi connectivity index (χ4v) is 14.6. The van der Waals surface area contributed by atoms with Crippen molar-refractivity contribution in [3.05, 3.63) is 255 Å². The standard InChI is InChI=1S/C74H42N4/c1-3-19-47(20-4-1)75-63-31-13-11-25-52(63)58-38-45(33-35-65(58)75)51-27-15-28-54-55-29-16-30-56-60-41-68-61(42-67(60)77(71(51)54)72(55)56)62-40-44-18-8-10-24-50(44)70-69-49-23-9-7-17-43(49)37-57(73(69)78(68)74(62)70)46-34-36-66-59(39-46)53-26-12-14-32-64(53)76(66)48-21-5-2-6-22-48/h1-42H. The molecule has 6 heterocycles. The molecule has 0 atom stereocenters. The molecule has 0 aliphatic heterocycles. The average Bonchev–Trinajstić information content (AvgIpc) is 4.33. The van der Waals surface area contributed by atoms with Crippen molar-refractivity contribution in [3.63, 3.8) is 0 Å². The van der Waals surface area contributed by atoms with Crippen molar-refractivity contribution < 1.29 is 0 Å². The molecule has 78 heavy (non-hydrogen) atoms. The molecule has 0 aliphatic carbocycles. The van der Waals surface area contributed by atoms with Gasteiger partial charge < -0.3 is 17.9 Å². The first kappa shape index (κ1) is 40.9. The average molecular weight is 987 g/mol. The Bertz CT molecular complexity index is 5790. The first-order valence-electron chi connectivity index (χ1n) is 27.1. The second kappa shape index (κ2) is 14.7. The summed E-state index contributed by atoms with van der Waals surface area (Å²) in [6.07, 6.45) is 0. The summed E-state index contributed by atoms with van der Waals surface area (Å²) in [6, 6.07) is 95.4. The molecular formula is C74H42N4. The third-order valence-corrected chi connectivity index (χ3v) is 17.7. The Morgan fingerprint density at radius 3 is 1.24 bits per heavy atom. The maximum Gasteiger partial charge on any atom is 0.0627 e. The number of benzene rings is 13. The van der Waals surface area contributed by atoms with E-state index in [1.807, 2.05) is 0 Å². The highest BCUT2D eigenvalue weighted by molar-refractivity contribution is 6.38. The normalized spacial score (nSPS) is 12.6. The van der Waals surface area contributed by atoms with Gasteiger partial charge in [-0.15, -0.1) is 0 Å². The smallest absolute Gasteiger partial charge is 0.0627 e. The molecule has 0 bridgehead atoms. The molecule has 0 spiro atoms. The van der Waals surface area contributed by atoms with Gasteiger partial charge in [0.2, 0.25) is 0 Å². The summed E-state index contributed by atoms with van der Waals surface area (Å²) in [6.45, 7) is 0. The van der Waals surface area contributed by atoms with Gasteiger partial charge >= 0.3 is 0 Å². The highest BCUT2D eigenvalue weighted by Gasteiger charge is 2.28. The molecule has 4 nitrogen and oxygen atoms in total. The van der Waals surface area contributed by atoms with E-state index in [0.29, 0.717) is 0 Å². The van der Waals surface area contributed by atoms with E-state index >= 15 is 0 Å². The van der Waals surface area contributed by atoms with Crippen molar-refractivity contribution in [2.45, 2.75) is 0 Å². The first-order valence-corrected chi connectivity index (χ1v) is 27.1. The molecule has 0 amide bonds. The fourth-order valence-electron chi connectivity index (χ4n) is 14.6. The molecule has 358 valence electrons. The lowest BCUT2D eigenvalue weighted by Gasteiger charge is -2.12. The van der Waals surface area contributed by atoms with Crippen LogP contribution in [0.3, 0.4) is 0 Å². The third kappa shape index (κ3) is 5.10. The summed E-state index contributed by atoms with van der Waals surface area (Å²) in [4.78, 5) is 0. The molecule has 0 radical (unpaired) electrons. The zero-order chi connectivity index (χ0) is 50.5. The number of aromatic nitrogens is 4. The summed E-state index contributed by atoms with van der Waals surface area (Å²) in [5.41, 5.74) is 19.5. The van der Waals surface area contributed by atoms with Gasteiger partial charge in [-0.3, -0.25) is 0 Å². The lowest BCUT2D eigenvalue weighted by molar-refractivity contribution is 1.18. The van der Waals surface area contributed by atoms with Crippen LogP contribution in [-0.2, 0) is 0 Å². The van der Waals surface area contributed by atoms with E-state index in [1.54, 1.807) is 0 Å². The Labute approximate surface area is 445 Å². The van der Waals surface area contributed by atoms with Crippen molar-refractivity contribution in [2.75, 3.05) is 0 Å². The van der Waals surface area contributed by atoms with E-state index in [0.717, 1.165) is 5.69 Å². The van der Waals surface area contributed by atoms with E-state index in [2.05, 4.69) is 273 Å². The molecule has 0 unspecified atom stereocenters. The van der Waals surface area contributed by atoms with Gasteiger partial charge in [0.05, 0.1) is 55.2 Å². The lowest BCUT2D eigenvalue weighted by atomic mass is 9.93. The van der Waals surface area contributed by atoms with Gasteiger partial charge in [0, 0.05) is 87.1 Å². The van der Waals surface area contributed by atoms with E-state index in [9.17, 15) is 0 Å². The number of para-hydroxylation sites is 6. The van der Waals surface area contributed by atoms with Crippen LogP contribution in [0.1, 0.15) is 0 Å². The Balaban J connectivity index is 0.928. The van der Waals surface area contributed by atoms with Gasteiger partial charge in [0.1, 0.15) is 0 Å². The first-order chi connectivity index (χ1) is 38.7. The lowest BCUT2D eigenvalue weighted by Crippen LogP contribution is -1.93. The highest BCUT2D eigenvalue weighted by Crippen LogP contribution is 2.51. The van der Waals surface area contributed by atoms with Crippen LogP contribution in [0.25, 0.3) is 175 Å². The van der Waals surface area contributed by atoms with Gasteiger partial charge in [-0.2, -0.15) is 0 Å². The zero-order valence-electron chi connectivity index (χ0n) is 42.0. The van der Waals surface area contributed by atoms with Crippen molar-refractivity contribution >= 4 is 141 Å². The molecule has 19 rings (SSSR count). The fraction of sp³-hybridized carbons (Fsp3) is 0. The zero-order valence-corrected chi connectivity index (χ0v) is 42.0. The van der Waals surface area contributed by atoms with E-state index in [4.69, 9.17) is 0 Å². The summed E-state index contributed by atoms with van der Waals surface area (Å²) < 4.78 is 10.1. The number of hydrogen-bond acceptors (Lipinski definition) is 0. The number of hydrogen-bond donors (Lipinski definition) is 0. The largest absolute Gasteiger partial charge is 0.309 e. The molecular weight excluding hydrogens is 945 g/mol. The minimum atomic E-state index is 1.16. The SMILES string of the molecule is c1ccc(-n2c3ccccc3c3cc(-c4cccc5c6cccc7c8cc9c(cc8n(c45)c76)c4cc5ccccc5c5c6c7ccccc7cc(-c7ccc8c(c7)c7ccccc7n8-c7ccccc7)c6n9c45)ccc32)cc1. The predicted molar refractivity (Wildman–Crippen MR) is 330 cm³/mol. The maximum atomic E-state index is 2.65. The maximum absolute atomic E-state index is 2.65. The molecule has 0 saturated carbocycles. The number of fused-ring (bicyclic) bond motifs is 22. The van der Waals surface area contributed by atoms with Crippen molar-refractivity contribution in [1.29, 1.82) is 0 Å². The molecule has 0 N–H and O–H groups in total. The van der Waals surface area contributed by atoms with Crippen molar-refractivity contribution in [3.8, 4) is 33.6 Å². The Hall–Kier alpha value is -10.4. The topological polar surface area (TPSA) is 18.7 Å². The minimum absolute atomic E-state index is 1.16. The van der Waals surface area contributed by atoms with Crippen LogP contribution in [0.5, 0.6) is 0 Å². The van der Waals surface area contributed by atoms with Crippen LogP contribution in [0.2, 0.25) is 0 Å². The highest BCUT2D eigenvalue weighted by atomic mass is 15.0.